The summed E-state index contributed by atoms with van der Waals surface area (Å²) in [5, 5.41) is 3.64. The number of carbonyl (C=O) groups excluding carboxylic acids is 2. The summed E-state index contributed by atoms with van der Waals surface area (Å²) >= 11 is 12.6. The molecule has 1 atom stereocenters. The Balaban J connectivity index is 1.55. The molecule has 0 aliphatic carbocycles. The van der Waals surface area contributed by atoms with E-state index in [1.54, 1.807) is 54.3 Å². The van der Waals surface area contributed by atoms with Gasteiger partial charge in [0.2, 0.25) is 5.91 Å². The molecule has 10 heteroatoms. The first-order valence-corrected chi connectivity index (χ1v) is 15.0. The number of anilines is 1. The summed E-state index contributed by atoms with van der Waals surface area (Å²) in [6.07, 6.45) is 1.14. The number of likely N-dealkylation sites (tertiary alicyclic amines) is 1. The first kappa shape index (κ1) is 27.5. The van der Waals surface area contributed by atoms with Crippen molar-refractivity contribution in [2.45, 2.75) is 49.6 Å². The Hall–Kier alpha value is -3.07. The minimum Gasteiger partial charge on any atom is -0.348 e. The van der Waals surface area contributed by atoms with Crippen LogP contribution in [0.1, 0.15) is 48.2 Å². The Morgan fingerprint density at radius 2 is 1.62 bits per heavy atom. The predicted octanol–water partition coefficient (Wildman–Crippen LogP) is 5.40. The molecule has 0 radical (unpaired) electrons. The maximum Gasteiger partial charge on any atom is 0.266 e. The van der Waals surface area contributed by atoms with E-state index in [1.807, 2.05) is 25.1 Å². The molecule has 2 heterocycles. The minimum absolute atomic E-state index is 0.0102. The SMILES string of the molecule is CC(=O)N1CCC2(CC1)c1cc(C(=O)NCc3ccccc3Cl)ccc1N(S(=O)(=O)c1ccccc1Cl)C2C. The van der Waals surface area contributed by atoms with Crippen molar-refractivity contribution in [2.75, 3.05) is 17.4 Å². The molecule has 0 saturated carbocycles. The molecule has 1 fully saturated rings. The number of fused-ring (bicyclic) bond motifs is 2. The number of nitrogens with zero attached hydrogens (tertiary/aromatic N) is 2. The third-order valence-corrected chi connectivity index (χ3v) is 10.8. The van der Waals surface area contributed by atoms with Gasteiger partial charge in [0.25, 0.3) is 15.9 Å². The van der Waals surface area contributed by atoms with Gasteiger partial charge >= 0.3 is 0 Å². The Bertz CT molecular complexity index is 1550. The van der Waals surface area contributed by atoms with E-state index in [2.05, 4.69) is 5.32 Å². The molecule has 39 heavy (non-hydrogen) atoms. The third kappa shape index (κ3) is 4.79. The van der Waals surface area contributed by atoms with Crippen LogP contribution >= 0.6 is 23.2 Å². The highest BCUT2D eigenvalue weighted by Crippen LogP contribution is 2.53. The van der Waals surface area contributed by atoms with Crippen LogP contribution in [-0.2, 0) is 26.8 Å². The summed E-state index contributed by atoms with van der Waals surface area (Å²) in [7, 11) is -4.02. The molecular formula is C29H29Cl2N3O4S. The summed E-state index contributed by atoms with van der Waals surface area (Å²) in [5.41, 5.74) is 1.97. The standard InChI is InChI=1S/C29H29Cl2N3O4S/c1-19-29(13-15-33(16-14-29)20(2)35)23-17-21(28(36)32-18-22-7-3-4-8-24(22)30)11-12-26(23)34(19)39(37,38)27-10-6-5-9-25(27)31/h3-12,17,19H,13-16,18H2,1-2H3,(H,32,36). The third-order valence-electron chi connectivity index (χ3n) is 8.06. The summed E-state index contributed by atoms with van der Waals surface area (Å²) in [5.74, 6) is -0.293. The molecule has 5 rings (SSSR count). The predicted molar refractivity (Wildman–Crippen MR) is 153 cm³/mol. The number of halogens is 2. The molecule has 3 aromatic rings. The molecule has 3 aromatic carbocycles. The van der Waals surface area contributed by atoms with Gasteiger partial charge in [-0.05, 0) is 67.3 Å². The number of rotatable bonds is 5. The molecule has 0 aromatic heterocycles. The van der Waals surface area contributed by atoms with Gasteiger partial charge < -0.3 is 10.2 Å². The lowest BCUT2D eigenvalue weighted by molar-refractivity contribution is -0.130. The van der Waals surface area contributed by atoms with E-state index in [-0.39, 0.29) is 28.3 Å². The number of carbonyl (C=O) groups is 2. The smallest absolute Gasteiger partial charge is 0.266 e. The lowest BCUT2D eigenvalue weighted by atomic mass is 9.70. The van der Waals surface area contributed by atoms with Crippen LogP contribution in [0.15, 0.2) is 71.6 Å². The number of sulfonamides is 1. The van der Waals surface area contributed by atoms with E-state index >= 15 is 0 Å². The fourth-order valence-corrected chi connectivity index (χ4v) is 8.29. The first-order valence-electron chi connectivity index (χ1n) is 12.8. The monoisotopic (exact) mass is 585 g/mol. The zero-order valence-electron chi connectivity index (χ0n) is 21.7. The average molecular weight is 587 g/mol. The van der Waals surface area contributed by atoms with Crippen molar-refractivity contribution < 1.29 is 18.0 Å². The van der Waals surface area contributed by atoms with E-state index in [9.17, 15) is 18.0 Å². The van der Waals surface area contributed by atoms with Crippen molar-refractivity contribution in [3.8, 4) is 0 Å². The molecule has 1 unspecified atom stereocenters. The topological polar surface area (TPSA) is 86.8 Å². The minimum atomic E-state index is -4.02. The van der Waals surface area contributed by atoms with E-state index in [4.69, 9.17) is 23.2 Å². The van der Waals surface area contributed by atoms with Crippen molar-refractivity contribution >= 4 is 50.7 Å². The molecular weight excluding hydrogens is 557 g/mol. The van der Waals surface area contributed by atoms with Crippen molar-refractivity contribution in [1.82, 2.24) is 10.2 Å². The van der Waals surface area contributed by atoms with Crippen LogP contribution in [0.3, 0.4) is 0 Å². The van der Waals surface area contributed by atoms with Crippen LogP contribution in [0.4, 0.5) is 5.69 Å². The molecule has 204 valence electrons. The van der Waals surface area contributed by atoms with E-state index < -0.39 is 21.5 Å². The van der Waals surface area contributed by atoms with Crippen molar-refractivity contribution in [3.05, 3.63) is 93.5 Å². The molecule has 0 bridgehead atoms. The number of nitrogens with one attached hydrogen (secondary N) is 1. The van der Waals surface area contributed by atoms with E-state index in [0.717, 1.165) is 11.1 Å². The summed E-state index contributed by atoms with van der Waals surface area (Å²) in [6, 6.07) is 18.4. The Labute approximate surface area is 238 Å². The van der Waals surface area contributed by atoms with Crippen molar-refractivity contribution in [3.63, 3.8) is 0 Å². The Kier molecular flexibility index (Phi) is 7.39. The largest absolute Gasteiger partial charge is 0.348 e. The quantitative estimate of drug-likeness (QED) is 0.434. The van der Waals surface area contributed by atoms with E-state index in [0.29, 0.717) is 42.2 Å². The molecule has 7 nitrogen and oxygen atoms in total. The lowest BCUT2D eigenvalue weighted by Gasteiger charge is -2.43. The molecule has 1 N–H and O–H groups in total. The van der Waals surface area contributed by atoms with Gasteiger partial charge in [0.1, 0.15) is 4.90 Å². The summed E-state index contributed by atoms with van der Waals surface area (Å²) < 4.78 is 29.5. The second kappa shape index (κ2) is 10.5. The second-order valence-electron chi connectivity index (χ2n) is 10.1. The molecule has 1 spiro atoms. The van der Waals surface area contributed by atoms with Crippen molar-refractivity contribution in [2.24, 2.45) is 0 Å². The molecule has 2 aliphatic rings. The maximum absolute atomic E-state index is 14.0. The van der Waals surface area contributed by atoms with Gasteiger partial charge in [-0.2, -0.15) is 0 Å². The summed E-state index contributed by atoms with van der Waals surface area (Å²) in [4.78, 5) is 27.1. The Morgan fingerprint density at radius 1 is 0.974 bits per heavy atom. The average Bonchev–Trinajstić information content (AvgIpc) is 3.15. The molecule has 2 amide bonds. The zero-order chi connectivity index (χ0) is 27.9. The van der Waals surface area contributed by atoms with Gasteiger partial charge in [0, 0.05) is 42.6 Å². The number of benzene rings is 3. The normalized spacial score (nSPS) is 18.2. The van der Waals surface area contributed by atoms with Crippen LogP contribution in [0.5, 0.6) is 0 Å². The first-order chi connectivity index (χ1) is 18.6. The van der Waals surface area contributed by atoms with Gasteiger partial charge in [0.15, 0.2) is 0 Å². The zero-order valence-corrected chi connectivity index (χ0v) is 24.0. The van der Waals surface area contributed by atoms with Gasteiger partial charge in [0.05, 0.1) is 16.8 Å². The van der Waals surface area contributed by atoms with Gasteiger partial charge in [-0.3, -0.25) is 13.9 Å². The Morgan fingerprint density at radius 3 is 2.26 bits per heavy atom. The van der Waals surface area contributed by atoms with Crippen LogP contribution in [0.25, 0.3) is 0 Å². The maximum atomic E-state index is 14.0. The van der Waals surface area contributed by atoms with Gasteiger partial charge in [-0.15, -0.1) is 0 Å². The van der Waals surface area contributed by atoms with Gasteiger partial charge in [-0.1, -0.05) is 53.5 Å². The number of hydrogen-bond acceptors (Lipinski definition) is 4. The van der Waals surface area contributed by atoms with Crippen LogP contribution in [0, 0.1) is 0 Å². The number of hydrogen-bond donors (Lipinski definition) is 1. The van der Waals surface area contributed by atoms with Crippen molar-refractivity contribution in [1.29, 1.82) is 0 Å². The van der Waals surface area contributed by atoms with Crippen LogP contribution in [-0.4, -0.2) is 44.3 Å². The fraction of sp³-hybridized carbons (Fsp3) is 0.310. The molecule has 2 aliphatic heterocycles. The summed E-state index contributed by atoms with van der Waals surface area (Å²) in [6.45, 7) is 4.70. The highest BCUT2D eigenvalue weighted by molar-refractivity contribution is 7.93. The number of piperidine rings is 1. The highest BCUT2D eigenvalue weighted by Gasteiger charge is 2.54. The van der Waals surface area contributed by atoms with E-state index in [1.165, 1.54) is 10.4 Å². The van der Waals surface area contributed by atoms with Crippen LogP contribution < -0.4 is 9.62 Å². The van der Waals surface area contributed by atoms with Gasteiger partial charge in [-0.25, -0.2) is 8.42 Å². The fourth-order valence-electron chi connectivity index (χ4n) is 5.85. The number of amides is 2. The lowest BCUT2D eigenvalue weighted by Crippen LogP contribution is -2.52. The highest BCUT2D eigenvalue weighted by atomic mass is 35.5. The molecule has 1 saturated heterocycles. The second-order valence-corrected chi connectivity index (χ2v) is 12.7. The van der Waals surface area contributed by atoms with Crippen LogP contribution in [0.2, 0.25) is 10.0 Å².